The van der Waals surface area contributed by atoms with Crippen molar-refractivity contribution in [1.82, 2.24) is 5.32 Å². The van der Waals surface area contributed by atoms with Gasteiger partial charge in [-0.05, 0) is 31.0 Å². The summed E-state index contributed by atoms with van der Waals surface area (Å²) in [5, 5.41) is 3.20. The van der Waals surface area contributed by atoms with E-state index >= 15 is 0 Å². The van der Waals surface area contributed by atoms with Crippen LogP contribution in [0.25, 0.3) is 0 Å². The molecule has 0 aromatic heterocycles. The van der Waals surface area contributed by atoms with Crippen LogP contribution in [0.2, 0.25) is 0 Å². The number of aryl methyl sites for hydroxylation is 2. The Morgan fingerprint density at radius 1 is 1.05 bits per heavy atom. The quantitative estimate of drug-likeness (QED) is 0.917. The first-order valence-electron chi connectivity index (χ1n) is 7.29. The molecule has 21 heavy (non-hydrogen) atoms. The molecule has 0 aliphatic carbocycles. The van der Waals surface area contributed by atoms with Gasteiger partial charge < -0.3 is 10.2 Å². The lowest BCUT2D eigenvalue weighted by Crippen LogP contribution is -2.35. The third-order valence-electron chi connectivity index (χ3n) is 3.80. The first-order chi connectivity index (χ1) is 10.1. The van der Waals surface area contributed by atoms with Crippen LogP contribution in [0.1, 0.15) is 22.3 Å². The van der Waals surface area contributed by atoms with Gasteiger partial charge in [-0.15, -0.1) is 0 Å². The third-order valence-corrected chi connectivity index (χ3v) is 3.80. The van der Waals surface area contributed by atoms with Gasteiger partial charge >= 0.3 is 0 Å². The normalized spacial score (nSPS) is 14.8. The van der Waals surface area contributed by atoms with Crippen molar-refractivity contribution in [1.29, 1.82) is 0 Å². The Bertz CT molecular complexity index is 658. The molecule has 0 saturated carbocycles. The minimum Gasteiger partial charge on any atom is -0.307 e. The number of carbonyl (C=O) groups excluding carboxylic acids is 1. The molecule has 0 unspecified atom stereocenters. The smallest absolute Gasteiger partial charge is 0.241 e. The Morgan fingerprint density at radius 3 is 2.52 bits per heavy atom. The Hall–Kier alpha value is -2.13. The van der Waals surface area contributed by atoms with Gasteiger partial charge in [0.15, 0.2) is 0 Å². The molecule has 1 aliphatic rings. The largest absolute Gasteiger partial charge is 0.307 e. The van der Waals surface area contributed by atoms with Crippen molar-refractivity contribution < 1.29 is 4.79 Å². The van der Waals surface area contributed by atoms with Gasteiger partial charge in [-0.2, -0.15) is 0 Å². The van der Waals surface area contributed by atoms with Crippen molar-refractivity contribution >= 4 is 11.6 Å². The highest BCUT2D eigenvalue weighted by Crippen LogP contribution is 2.25. The number of hydrogen-bond acceptors (Lipinski definition) is 2. The van der Waals surface area contributed by atoms with Crippen molar-refractivity contribution in [3.63, 3.8) is 0 Å². The number of rotatable bonds is 2. The fourth-order valence-electron chi connectivity index (χ4n) is 2.97. The van der Waals surface area contributed by atoms with Gasteiger partial charge in [-0.1, -0.05) is 47.5 Å². The zero-order chi connectivity index (χ0) is 14.8. The highest BCUT2D eigenvalue weighted by Gasteiger charge is 2.21. The summed E-state index contributed by atoms with van der Waals surface area (Å²) in [5.41, 5.74) is 5.84. The molecule has 3 rings (SSSR count). The fourth-order valence-corrected chi connectivity index (χ4v) is 2.97. The monoisotopic (exact) mass is 280 g/mol. The molecule has 1 aliphatic heterocycles. The standard InChI is InChI=1S/C18H20N2O/c1-13-7-14(2)9-15(8-13)12-20-17-6-4-3-5-16(17)10-19-11-18(20)21/h3-9,19H,10-12H2,1-2H3. The number of fused-ring (bicyclic) bond motifs is 1. The molecular weight excluding hydrogens is 260 g/mol. The van der Waals surface area contributed by atoms with Gasteiger partial charge in [-0.3, -0.25) is 4.79 Å². The average molecular weight is 280 g/mol. The first-order valence-corrected chi connectivity index (χ1v) is 7.29. The van der Waals surface area contributed by atoms with Gasteiger partial charge in [0.05, 0.1) is 13.1 Å². The van der Waals surface area contributed by atoms with Crippen LogP contribution in [0.4, 0.5) is 5.69 Å². The second kappa shape index (κ2) is 5.70. The van der Waals surface area contributed by atoms with Crippen LogP contribution in [0.3, 0.4) is 0 Å². The summed E-state index contributed by atoms with van der Waals surface area (Å²) < 4.78 is 0. The zero-order valence-electron chi connectivity index (χ0n) is 12.5. The van der Waals surface area contributed by atoms with E-state index in [4.69, 9.17) is 0 Å². The van der Waals surface area contributed by atoms with E-state index in [-0.39, 0.29) is 5.91 Å². The minimum atomic E-state index is 0.124. The van der Waals surface area contributed by atoms with Crippen LogP contribution in [-0.4, -0.2) is 12.5 Å². The summed E-state index contributed by atoms with van der Waals surface area (Å²) in [5.74, 6) is 0.124. The van der Waals surface area contributed by atoms with Gasteiger partial charge in [0.2, 0.25) is 5.91 Å². The fraction of sp³-hybridized carbons (Fsp3) is 0.278. The summed E-state index contributed by atoms with van der Waals surface area (Å²) in [6.45, 7) is 5.94. The highest BCUT2D eigenvalue weighted by atomic mass is 16.2. The lowest BCUT2D eigenvalue weighted by Gasteiger charge is -2.23. The van der Waals surface area contributed by atoms with Crippen molar-refractivity contribution in [3.05, 3.63) is 64.7 Å². The summed E-state index contributed by atoms with van der Waals surface area (Å²) in [7, 11) is 0. The number of carbonyl (C=O) groups is 1. The van der Waals surface area contributed by atoms with Crippen LogP contribution < -0.4 is 10.2 Å². The maximum Gasteiger partial charge on any atom is 0.241 e. The maximum absolute atomic E-state index is 12.4. The summed E-state index contributed by atoms with van der Waals surface area (Å²) >= 11 is 0. The molecule has 1 amide bonds. The third kappa shape index (κ3) is 2.98. The number of nitrogens with zero attached hydrogens (tertiary/aromatic N) is 1. The van der Waals surface area contributed by atoms with Gasteiger partial charge in [0, 0.05) is 12.2 Å². The molecule has 0 fully saturated rings. The summed E-state index contributed by atoms with van der Waals surface area (Å²) in [4.78, 5) is 14.3. The van der Waals surface area contributed by atoms with E-state index in [1.54, 1.807) is 0 Å². The predicted molar refractivity (Wildman–Crippen MR) is 85.3 cm³/mol. The van der Waals surface area contributed by atoms with Crippen LogP contribution in [0.15, 0.2) is 42.5 Å². The van der Waals surface area contributed by atoms with Crippen LogP contribution in [-0.2, 0) is 17.9 Å². The van der Waals surface area contributed by atoms with Crippen molar-refractivity contribution in [2.24, 2.45) is 0 Å². The average Bonchev–Trinajstić information content (AvgIpc) is 2.58. The highest BCUT2D eigenvalue weighted by molar-refractivity contribution is 5.96. The van der Waals surface area contributed by atoms with Crippen LogP contribution in [0.5, 0.6) is 0 Å². The Kier molecular flexibility index (Phi) is 3.76. The lowest BCUT2D eigenvalue weighted by atomic mass is 10.1. The van der Waals surface area contributed by atoms with E-state index in [1.807, 2.05) is 23.1 Å². The number of para-hydroxylation sites is 1. The Balaban J connectivity index is 1.97. The molecule has 1 heterocycles. The van der Waals surface area contributed by atoms with Crippen molar-refractivity contribution in [2.75, 3.05) is 11.4 Å². The van der Waals surface area contributed by atoms with Crippen molar-refractivity contribution in [2.45, 2.75) is 26.9 Å². The minimum absolute atomic E-state index is 0.124. The number of benzene rings is 2. The summed E-state index contributed by atoms with van der Waals surface area (Å²) in [6, 6.07) is 14.6. The van der Waals surface area contributed by atoms with Gasteiger partial charge in [-0.25, -0.2) is 0 Å². The molecule has 3 heteroatoms. The number of anilines is 1. The summed E-state index contributed by atoms with van der Waals surface area (Å²) in [6.07, 6.45) is 0. The lowest BCUT2D eigenvalue weighted by molar-refractivity contribution is -0.117. The maximum atomic E-state index is 12.4. The number of hydrogen-bond donors (Lipinski definition) is 1. The van der Waals surface area contributed by atoms with Gasteiger partial charge in [0.1, 0.15) is 0 Å². The molecule has 2 aromatic rings. The molecule has 0 bridgehead atoms. The molecule has 1 N–H and O–H groups in total. The van der Waals surface area contributed by atoms with Crippen molar-refractivity contribution in [3.8, 4) is 0 Å². The van der Waals surface area contributed by atoms with E-state index in [1.165, 1.54) is 22.3 Å². The molecular formula is C18H20N2O. The molecule has 0 atom stereocenters. The van der Waals surface area contributed by atoms with E-state index < -0.39 is 0 Å². The molecule has 0 radical (unpaired) electrons. The number of amides is 1. The SMILES string of the molecule is Cc1cc(C)cc(CN2C(=O)CNCc3ccccc32)c1. The predicted octanol–water partition coefficient (Wildman–Crippen LogP) is 2.94. The second-order valence-corrected chi connectivity index (χ2v) is 5.71. The van der Waals surface area contributed by atoms with Crippen LogP contribution in [0, 0.1) is 13.8 Å². The van der Waals surface area contributed by atoms with E-state index in [9.17, 15) is 4.79 Å². The zero-order valence-corrected chi connectivity index (χ0v) is 12.5. The van der Waals surface area contributed by atoms with Crippen LogP contribution >= 0.6 is 0 Å². The first kappa shape index (κ1) is 13.8. The number of nitrogens with one attached hydrogen (secondary N) is 1. The molecule has 2 aromatic carbocycles. The molecule has 0 saturated heterocycles. The molecule has 0 spiro atoms. The van der Waals surface area contributed by atoms with Gasteiger partial charge in [0.25, 0.3) is 0 Å². The molecule has 108 valence electrons. The Labute approximate surface area is 125 Å². The second-order valence-electron chi connectivity index (χ2n) is 5.71. The van der Waals surface area contributed by atoms with E-state index in [2.05, 4.69) is 43.4 Å². The molecule has 3 nitrogen and oxygen atoms in total. The Morgan fingerprint density at radius 2 is 1.76 bits per heavy atom. The van der Waals surface area contributed by atoms with E-state index in [0.29, 0.717) is 13.1 Å². The topological polar surface area (TPSA) is 32.3 Å². The van der Waals surface area contributed by atoms with E-state index in [0.717, 1.165) is 12.2 Å².